The Bertz CT molecular complexity index is 3.25. The molecule has 0 atom stereocenters. The molecule has 0 nitrogen and oxygen atoms in total. The van der Waals surface area contributed by atoms with Crippen LogP contribution in [0, 0.1) is 7.43 Å². The molecular formula is CH3Os3. The Hall–Kier alpha value is 1.91. The van der Waals surface area contributed by atoms with Gasteiger partial charge in [-0.2, -0.15) is 0 Å². The number of rotatable bonds is 0. The van der Waals surface area contributed by atoms with Crippen LogP contribution >= 0.6 is 0 Å². The van der Waals surface area contributed by atoms with Crippen LogP contribution in [0.25, 0.3) is 0 Å². The van der Waals surface area contributed by atoms with E-state index in [1.165, 1.54) is 0 Å². The fraction of sp³-hybridized carbons (Fsp3) is 0. The Morgan fingerprint density at radius 1 is 0.750 bits per heavy atom. The van der Waals surface area contributed by atoms with E-state index in [0.29, 0.717) is 0 Å². The van der Waals surface area contributed by atoms with Crippen LogP contribution in [0.3, 0.4) is 0 Å². The normalized spacial score (nSPS) is 0. The van der Waals surface area contributed by atoms with Crippen molar-refractivity contribution in [1.82, 2.24) is 0 Å². The largest absolute Gasteiger partial charge is 1.00 e. The van der Waals surface area contributed by atoms with Crippen LogP contribution in [0.15, 0.2) is 0 Å². The Balaban J connectivity index is 0. The average Bonchev–Trinajstić information content (AvgIpc) is 0. The molecule has 1 radical (unpaired) electrons. The first-order valence-electron chi connectivity index (χ1n) is 0. The molecule has 0 aromatic rings. The monoisotopic (exact) mass is 591 g/mol. The predicted octanol–water partition coefficient (Wildman–Crippen LogP) is 0.443. The van der Waals surface area contributed by atoms with Gasteiger partial charge in [-0.15, -0.1) is 0 Å². The summed E-state index contributed by atoms with van der Waals surface area (Å²) in [5.74, 6) is 0. The van der Waals surface area contributed by atoms with Crippen molar-refractivity contribution in [3.8, 4) is 0 Å². The maximum Gasteiger partial charge on any atom is 1.00 e. The van der Waals surface area contributed by atoms with Gasteiger partial charge in [0.15, 0.2) is 0 Å². The summed E-state index contributed by atoms with van der Waals surface area (Å²) in [6, 6.07) is 0. The van der Waals surface area contributed by atoms with E-state index in [1.54, 1.807) is 0 Å². The third kappa shape index (κ3) is 9.08. The topological polar surface area (TPSA) is 0 Å². The molecule has 0 aliphatic heterocycles. The first kappa shape index (κ1) is 39.1. The second-order valence-corrected chi connectivity index (χ2v) is 0. The van der Waals surface area contributed by atoms with Gasteiger partial charge in [-0.25, -0.2) is 0 Å². The third-order valence-corrected chi connectivity index (χ3v) is 0. The summed E-state index contributed by atoms with van der Waals surface area (Å²) < 4.78 is 0. The fourth-order valence-electron chi connectivity index (χ4n) is 0. The molecular weight excluding hydrogens is 583 g/mol. The minimum atomic E-state index is 0. The molecule has 0 amide bonds. The van der Waals surface area contributed by atoms with Gasteiger partial charge in [-0.1, -0.05) is 0 Å². The van der Waals surface area contributed by atoms with E-state index < -0.39 is 0 Å². The van der Waals surface area contributed by atoms with Gasteiger partial charge in [-0.05, 0) is 0 Å². The van der Waals surface area contributed by atoms with E-state index in [9.17, 15) is 0 Å². The van der Waals surface area contributed by atoms with Gasteiger partial charge in [0, 0.05) is 39.6 Å². The first-order chi connectivity index (χ1) is 0. The predicted molar refractivity (Wildman–Crippen MR) is 6.41 cm³/mol. The van der Waals surface area contributed by atoms with Crippen LogP contribution in [0.2, 0.25) is 0 Å². The summed E-state index contributed by atoms with van der Waals surface area (Å²) >= 11 is 0. The van der Waals surface area contributed by atoms with Crippen molar-refractivity contribution in [3.63, 3.8) is 0 Å². The van der Waals surface area contributed by atoms with Crippen molar-refractivity contribution in [1.29, 1.82) is 0 Å². The molecule has 4 heavy (non-hydrogen) atoms. The van der Waals surface area contributed by atoms with Gasteiger partial charge in [0.05, 0.1) is 0 Å². The molecule has 0 aliphatic carbocycles. The Morgan fingerprint density at radius 2 is 0.750 bits per heavy atom. The molecule has 0 N–H and O–H groups in total. The standard InChI is InChI=1S/CH3.3Os/h1H3;;;/q-1;;;+1. The van der Waals surface area contributed by atoms with Crippen molar-refractivity contribution >= 4 is 0 Å². The summed E-state index contributed by atoms with van der Waals surface area (Å²) in [5.41, 5.74) is 0. The van der Waals surface area contributed by atoms with E-state index in [1.807, 2.05) is 0 Å². The Labute approximate surface area is 66.3 Å². The quantitative estimate of drug-likeness (QED) is 0.363. The minimum Gasteiger partial charge on any atom is -0.358 e. The molecule has 3 heteroatoms. The van der Waals surface area contributed by atoms with Crippen LogP contribution in [-0.4, -0.2) is 0 Å². The Morgan fingerprint density at radius 3 is 0.750 bits per heavy atom. The number of hydrogen-bond donors (Lipinski definition) is 0. The maximum atomic E-state index is 0. The molecule has 0 spiro atoms. The van der Waals surface area contributed by atoms with E-state index >= 15 is 0 Å². The van der Waals surface area contributed by atoms with Crippen molar-refractivity contribution in [2.75, 3.05) is 0 Å². The van der Waals surface area contributed by atoms with Crippen LogP contribution < -0.4 is 0 Å². The van der Waals surface area contributed by atoms with Gasteiger partial charge < -0.3 is 7.43 Å². The summed E-state index contributed by atoms with van der Waals surface area (Å²) in [6.07, 6.45) is 0. The zero-order valence-electron chi connectivity index (χ0n) is 2.06. The zero-order chi connectivity index (χ0) is 0. The van der Waals surface area contributed by atoms with Crippen LogP contribution in [0.1, 0.15) is 0 Å². The van der Waals surface area contributed by atoms with Crippen molar-refractivity contribution in [2.24, 2.45) is 0 Å². The van der Waals surface area contributed by atoms with Crippen LogP contribution in [0.5, 0.6) is 0 Å². The molecule has 0 bridgehead atoms. The molecule has 0 heterocycles. The van der Waals surface area contributed by atoms with Crippen LogP contribution in [0.4, 0.5) is 0 Å². The maximum absolute atomic E-state index is 0. The summed E-state index contributed by atoms with van der Waals surface area (Å²) in [4.78, 5) is 0. The summed E-state index contributed by atoms with van der Waals surface area (Å²) in [5, 5.41) is 0. The zero-order valence-corrected chi connectivity index (χ0v) is 9.68. The van der Waals surface area contributed by atoms with Gasteiger partial charge in [-0.3, -0.25) is 0 Å². The van der Waals surface area contributed by atoms with Crippen molar-refractivity contribution < 1.29 is 59.4 Å². The molecule has 31 valence electrons. The second-order valence-electron chi connectivity index (χ2n) is 0. The molecule has 0 rings (SSSR count). The van der Waals surface area contributed by atoms with Gasteiger partial charge >= 0.3 is 19.8 Å². The number of hydrogen-bond acceptors (Lipinski definition) is 0. The van der Waals surface area contributed by atoms with E-state index in [-0.39, 0.29) is 66.8 Å². The Kier molecular flexibility index (Phi) is 201. The van der Waals surface area contributed by atoms with Gasteiger partial charge in [0.1, 0.15) is 0 Å². The first-order valence-corrected chi connectivity index (χ1v) is 0. The molecule has 0 unspecified atom stereocenters. The van der Waals surface area contributed by atoms with Gasteiger partial charge in [0.25, 0.3) is 0 Å². The van der Waals surface area contributed by atoms with Crippen molar-refractivity contribution in [2.45, 2.75) is 0 Å². The van der Waals surface area contributed by atoms with E-state index in [2.05, 4.69) is 0 Å². The molecule has 0 aliphatic rings. The van der Waals surface area contributed by atoms with Crippen molar-refractivity contribution in [3.05, 3.63) is 7.43 Å². The molecule has 0 fully saturated rings. The molecule has 0 aromatic carbocycles. The minimum absolute atomic E-state index is 0. The van der Waals surface area contributed by atoms with Crippen LogP contribution in [-0.2, 0) is 59.4 Å². The van der Waals surface area contributed by atoms with E-state index in [0.717, 1.165) is 0 Å². The molecule has 0 saturated carbocycles. The summed E-state index contributed by atoms with van der Waals surface area (Å²) in [7, 11) is 0. The molecule has 0 saturated heterocycles. The third-order valence-electron chi connectivity index (χ3n) is 0. The second kappa shape index (κ2) is 20.6. The van der Waals surface area contributed by atoms with Gasteiger partial charge in [0.2, 0.25) is 0 Å². The average molecular weight is 586 g/mol. The summed E-state index contributed by atoms with van der Waals surface area (Å²) in [6.45, 7) is 0. The van der Waals surface area contributed by atoms with E-state index in [4.69, 9.17) is 0 Å². The fourth-order valence-corrected chi connectivity index (χ4v) is 0. The SMILES string of the molecule is [CH3-].[Os+].[Os].[Os]. The smallest absolute Gasteiger partial charge is 0.358 e. The molecule has 0 aromatic heterocycles.